The van der Waals surface area contributed by atoms with Crippen molar-refractivity contribution in [3.05, 3.63) is 51.0 Å². The Hall–Kier alpha value is -0.910. The molecule has 18 heavy (non-hydrogen) atoms. The number of hydrogen-bond donors (Lipinski definition) is 1. The average molecular weight is 372 g/mol. The van der Waals surface area contributed by atoms with Crippen LogP contribution in [0.4, 0.5) is 0 Å². The zero-order valence-corrected chi connectivity index (χ0v) is 13.0. The van der Waals surface area contributed by atoms with Crippen LogP contribution in [0.2, 0.25) is 0 Å². The van der Waals surface area contributed by atoms with Crippen LogP contribution in [-0.2, 0) is 6.54 Å². The van der Waals surface area contributed by atoms with E-state index < -0.39 is 0 Å². The Morgan fingerprint density at radius 2 is 2.06 bits per heavy atom. The van der Waals surface area contributed by atoms with Crippen LogP contribution in [0.3, 0.4) is 0 Å². The van der Waals surface area contributed by atoms with E-state index in [9.17, 15) is 0 Å². The Kier molecular flexibility index (Phi) is 4.74. The number of aromatic nitrogens is 1. The summed E-state index contributed by atoms with van der Waals surface area (Å²) >= 11 is 6.86. The van der Waals surface area contributed by atoms with Crippen LogP contribution < -0.4 is 10.1 Å². The van der Waals surface area contributed by atoms with Crippen LogP contribution in [0.1, 0.15) is 5.56 Å². The third-order valence-electron chi connectivity index (χ3n) is 2.29. The summed E-state index contributed by atoms with van der Waals surface area (Å²) in [6, 6.07) is 9.63. The summed E-state index contributed by atoms with van der Waals surface area (Å²) < 4.78 is 7.63. The minimum Gasteiger partial charge on any atom is -0.438 e. The number of pyridine rings is 1. The smallest absolute Gasteiger partial charge is 0.219 e. The lowest BCUT2D eigenvalue weighted by Crippen LogP contribution is -2.05. The fraction of sp³-hybridized carbons (Fsp3) is 0.154. The highest BCUT2D eigenvalue weighted by molar-refractivity contribution is 9.11. The molecule has 1 aromatic heterocycles. The minimum absolute atomic E-state index is 0.589. The van der Waals surface area contributed by atoms with Gasteiger partial charge in [0.15, 0.2) is 0 Å². The summed E-state index contributed by atoms with van der Waals surface area (Å²) in [5.41, 5.74) is 1.13. The first kappa shape index (κ1) is 13.5. The monoisotopic (exact) mass is 370 g/mol. The minimum atomic E-state index is 0.589. The normalized spacial score (nSPS) is 10.4. The van der Waals surface area contributed by atoms with Gasteiger partial charge in [-0.25, -0.2) is 4.98 Å². The molecule has 2 rings (SSSR count). The molecule has 0 saturated carbocycles. The van der Waals surface area contributed by atoms with Gasteiger partial charge in [0.2, 0.25) is 5.88 Å². The maximum atomic E-state index is 5.74. The third kappa shape index (κ3) is 3.54. The highest BCUT2D eigenvalue weighted by Gasteiger charge is 2.05. The second kappa shape index (κ2) is 6.31. The largest absolute Gasteiger partial charge is 0.438 e. The number of hydrogen-bond acceptors (Lipinski definition) is 3. The topological polar surface area (TPSA) is 34.2 Å². The molecule has 1 heterocycles. The van der Waals surface area contributed by atoms with Gasteiger partial charge < -0.3 is 10.1 Å². The molecular weight excluding hydrogens is 360 g/mol. The number of nitrogens with zero attached hydrogens (tertiary/aromatic N) is 1. The summed E-state index contributed by atoms with van der Waals surface area (Å²) in [7, 11) is 1.91. The van der Waals surface area contributed by atoms with E-state index in [0.29, 0.717) is 5.88 Å². The van der Waals surface area contributed by atoms with Gasteiger partial charge in [0.25, 0.3) is 0 Å². The van der Waals surface area contributed by atoms with Gasteiger partial charge in [-0.15, -0.1) is 0 Å². The quantitative estimate of drug-likeness (QED) is 0.877. The van der Waals surface area contributed by atoms with Crippen molar-refractivity contribution in [2.45, 2.75) is 6.54 Å². The van der Waals surface area contributed by atoms with Gasteiger partial charge in [-0.1, -0.05) is 15.9 Å². The van der Waals surface area contributed by atoms with Crippen LogP contribution in [-0.4, -0.2) is 12.0 Å². The van der Waals surface area contributed by atoms with Gasteiger partial charge in [0, 0.05) is 23.3 Å². The number of nitrogens with one attached hydrogen (secondary N) is 1. The van der Waals surface area contributed by atoms with Gasteiger partial charge >= 0.3 is 0 Å². The van der Waals surface area contributed by atoms with Crippen LogP contribution in [0.25, 0.3) is 0 Å². The Labute approximate surface area is 123 Å². The van der Waals surface area contributed by atoms with E-state index in [-0.39, 0.29) is 0 Å². The van der Waals surface area contributed by atoms with Crippen molar-refractivity contribution >= 4 is 31.9 Å². The molecule has 0 spiro atoms. The Morgan fingerprint density at radius 1 is 1.22 bits per heavy atom. The van der Waals surface area contributed by atoms with Crippen LogP contribution in [0.15, 0.2) is 45.5 Å². The Bertz CT molecular complexity index is 546. The molecular formula is C13H12Br2N2O. The molecule has 5 heteroatoms. The van der Waals surface area contributed by atoms with E-state index in [1.165, 1.54) is 0 Å². The predicted molar refractivity (Wildman–Crippen MR) is 78.9 cm³/mol. The molecule has 0 aliphatic rings. The molecule has 0 saturated heterocycles. The first-order valence-electron chi connectivity index (χ1n) is 5.41. The lowest BCUT2D eigenvalue weighted by atomic mass is 10.2. The lowest BCUT2D eigenvalue weighted by molar-refractivity contribution is 0.459. The molecule has 0 aliphatic carbocycles. The fourth-order valence-electron chi connectivity index (χ4n) is 1.49. The summed E-state index contributed by atoms with van der Waals surface area (Å²) in [4.78, 5) is 4.20. The van der Waals surface area contributed by atoms with Crippen molar-refractivity contribution in [3.63, 3.8) is 0 Å². The van der Waals surface area contributed by atoms with Crippen molar-refractivity contribution in [1.29, 1.82) is 0 Å². The molecule has 0 atom stereocenters. The molecule has 0 bridgehead atoms. The average Bonchev–Trinajstić information content (AvgIpc) is 2.34. The third-order valence-corrected chi connectivity index (χ3v) is 3.40. The van der Waals surface area contributed by atoms with Gasteiger partial charge in [-0.2, -0.15) is 0 Å². The van der Waals surface area contributed by atoms with Gasteiger partial charge in [-0.05, 0) is 52.8 Å². The van der Waals surface area contributed by atoms with Gasteiger partial charge in [0.1, 0.15) is 5.75 Å². The standard InChI is InChI=1S/C13H12Br2N2O/c1-16-8-9-4-5-17-13(6-9)18-12-3-2-10(14)7-11(12)15/h2-7,16H,8H2,1H3. The molecule has 94 valence electrons. The molecule has 0 aliphatic heterocycles. The Balaban J connectivity index is 2.20. The first-order valence-corrected chi connectivity index (χ1v) is 7.00. The first-order chi connectivity index (χ1) is 8.69. The van der Waals surface area contributed by atoms with E-state index in [4.69, 9.17) is 4.74 Å². The highest BCUT2D eigenvalue weighted by Crippen LogP contribution is 2.31. The van der Waals surface area contributed by atoms with Crippen molar-refractivity contribution in [2.75, 3.05) is 7.05 Å². The van der Waals surface area contributed by atoms with E-state index >= 15 is 0 Å². The number of halogens is 2. The maximum absolute atomic E-state index is 5.74. The second-order valence-electron chi connectivity index (χ2n) is 3.71. The van der Waals surface area contributed by atoms with E-state index in [2.05, 4.69) is 42.2 Å². The lowest BCUT2D eigenvalue weighted by Gasteiger charge is -2.08. The summed E-state index contributed by atoms with van der Waals surface area (Å²) in [6.07, 6.45) is 1.74. The van der Waals surface area contributed by atoms with Crippen LogP contribution in [0.5, 0.6) is 11.6 Å². The van der Waals surface area contributed by atoms with Crippen molar-refractivity contribution in [1.82, 2.24) is 10.3 Å². The number of rotatable bonds is 4. The molecule has 0 radical (unpaired) electrons. The fourth-order valence-corrected chi connectivity index (χ4v) is 2.62. The molecule has 1 N–H and O–H groups in total. The molecule has 0 fully saturated rings. The zero-order chi connectivity index (χ0) is 13.0. The summed E-state index contributed by atoms with van der Waals surface area (Å²) in [6.45, 7) is 0.792. The molecule has 0 amide bonds. The maximum Gasteiger partial charge on any atom is 0.219 e. The molecule has 3 nitrogen and oxygen atoms in total. The van der Waals surface area contributed by atoms with Crippen molar-refractivity contribution < 1.29 is 4.74 Å². The van der Waals surface area contributed by atoms with Crippen molar-refractivity contribution in [3.8, 4) is 11.6 Å². The van der Waals surface area contributed by atoms with Gasteiger partial charge in [0.05, 0.1) is 4.47 Å². The summed E-state index contributed by atoms with van der Waals surface area (Å²) in [5, 5.41) is 3.10. The predicted octanol–water partition coefficient (Wildman–Crippen LogP) is 4.12. The van der Waals surface area contributed by atoms with E-state index in [0.717, 1.165) is 26.8 Å². The van der Waals surface area contributed by atoms with Crippen LogP contribution >= 0.6 is 31.9 Å². The number of benzene rings is 1. The number of ether oxygens (including phenoxy) is 1. The van der Waals surface area contributed by atoms with E-state index in [1.54, 1.807) is 6.20 Å². The summed E-state index contributed by atoms with van der Waals surface area (Å²) in [5.74, 6) is 1.33. The van der Waals surface area contributed by atoms with Crippen molar-refractivity contribution in [2.24, 2.45) is 0 Å². The highest BCUT2D eigenvalue weighted by atomic mass is 79.9. The SMILES string of the molecule is CNCc1ccnc(Oc2ccc(Br)cc2Br)c1. The van der Waals surface area contributed by atoms with Crippen LogP contribution in [0, 0.1) is 0 Å². The molecule has 0 unspecified atom stereocenters. The second-order valence-corrected chi connectivity index (χ2v) is 5.48. The molecule has 1 aromatic carbocycles. The Morgan fingerprint density at radius 3 is 2.78 bits per heavy atom. The zero-order valence-electron chi connectivity index (χ0n) is 9.78. The van der Waals surface area contributed by atoms with Gasteiger partial charge in [-0.3, -0.25) is 0 Å². The van der Waals surface area contributed by atoms with E-state index in [1.807, 2.05) is 37.4 Å². The molecule has 2 aromatic rings.